The number of nitrogens with zero attached hydrogens (tertiary/aromatic N) is 2. The molecule has 0 aromatic carbocycles. The average Bonchev–Trinajstić information content (AvgIpc) is 2.40. The van der Waals surface area contributed by atoms with Crippen LogP contribution in [0.4, 0.5) is 0 Å². The second-order valence-corrected chi connectivity index (χ2v) is 6.62. The lowest BCUT2D eigenvalue weighted by Gasteiger charge is -2.48. The average molecular weight is 270 g/mol. The van der Waals surface area contributed by atoms with Gasteiger partial charge < -0.3 is 14.7 Å². The van der Waals surface area contributed by atoms with E-state index in [9.17, 15) is 5.11 Å². The molecule has 2 fully saturated rings. The van der Waals surface area contributed by atoms with Gasteiger partial charge in [-0.3, -0.25) is 4.90 Å². The van der Waals surface area contributed by atoms with E-state index in [2.05, 4.69) is 23.8 Å². The summed E-state index contributed by atoms with van der Waals surface area (Å²) in [6, 6.07) is 0.642. The van der Waals surface area contributed by atoms with Crippen molar-refractivity contribution in [3.8, 4) is 0 Å². The molecule has 0 radical (unpaired) electrons. The molecular weight excluding hydrogens is 240 g/mol. The highest BCUT2D eigenvalue weighted by molar-refractivity contribution is 4.94. The second-order valence-electron chi connectivity index (χ2n) is 6.62. The predicted molar refractivity (Wildman–Crippen MR) is 77.4 cm³/mol. The smallest absolute Gasteiger partial charge is 0.0639 e. The Morgan fingerprint density at radius 2 is 1.89 bits per heavy atom. The molecule has 1 saturated carbocycles. The summed E-state index contributed by atoms with van der Waals surface area (Å²) in [4.78, 5) is 4.96. The molecule has 1 saturated heterocycles. The number of rotatable bonds is 4. The minimum absolute atomic E-state index is 0.224. The van der Waals surface area contributed by atoms with Crippen molar-refractivity contribution in [2.45, 2.75) is 57.2 Å². The van der Waals surface area contributed by atoms with Crippen molar-refractivity contribution in [2.75, 3.05) is 39.9 Å². The number of morpholine rings is 1. The largest absolute Gasteiger partial charge is 0.392 e. The molecule has 1 unspecified atom stereocenters. The summed E-state index contributed by atoms with van der Waals surface area (Å²) in [7, 11) is 2.15. The van der Waals surface area contributed by atoms with E-state index in [0.29, 0.717) is 11.6 Å². The minimum Gasteiger partial charge on any atom is -0.392 e. The number of hydrogen-bond acceptors (Lipinski definition) is 4. The number of aliphatic hydroxyl groups excluding tert-OH is 1. The first-order valence-electron chi connectivity index (χ1n) is 7.72. The van der Waals surface area contributed by atoms with Crippen LogP contribution in [-0.2, 0) is 4.74 Å². The third-order valence-electron chi connectivity index (χ3n) is 4.98. The first-order chi connectivity index (χ1) is 9.01. The molecule has 2 rings (SSSR count). The zero-order valence-electron chi connectivity index (χ0n) is 12.8. The van der Waals surface area contributed by atoms with Gasteiger partial charge in [0.2, 0.25) is 0 Å². The Morgan fingerprint density at radius 1 is 1.32 bits per heavy atom. The van der Waals surface area contributed by atoms with Crippen LogP contribution >= 0.6 is 0 Å². The van der Waals surface area contributed by atoms with E-state index < -0.39 is 0 Å². The summed E-state index contributed by atoms with van der Waals surface area (Å²) in [5.41, 5.74) is 0.367. The van der Waals surface area contributed by atoms with Crippen LogP contribution in [-0.4, -0.2) is 72.5 Å². The Balaban J connectivity index is 1.83. The van der Waals surface area contributed by atoms with Gasteiger partial charge in [0, 0.05) is 31.2 Å². The van der Waals surface area contributed by atoms with Gasteiger partial charge in [0.05, 0.1) is 19.3 Å². The normalized spacial score (nSPS) is 35.5. The van der Waals surface area contributed by atoms with Gasteiger partial charge in [0.1, 0.15) is 0 Å². The van der Waals surface area contributed by atoms with E-state index in [1.807, 2.05) is 6.92 Å². The Hall–Kier alpha value is -0.160. The molecule has 0 aromatic rings. The third kappa shape index (κ3) is 3.91. The van der Waals surface area contributed by atoms with Crippen molar-refractivity contribution in [1.29, 1.82) is 0 Å². The van der Waals surface area contributed by atoms with Crippen molar-refractivity contribution >= 4 is 0 Å². The summed E-state index contributed by atoms with van der Waals surface area (Å²) >= 11 is 0. The maximum atomic E-state index is 9.50. The molecule has 0 amide bonds. The van der Waals surface area contributed by atoms with Crippen LogP contribution < -0.4 is 0 Å². The minimum atomic E-state index is -0.224. The van der Waals surface area contributed by atoms with Crippen LogP contribution in [0, 0.1) is 0 Å². The molecule has 0 bridgehead atoms. The zero-order chi connectivity index (χ0) is 13.9. The maximum absolute atomic E-state index is 9.50. The Kier molecular flexibility index (Phi) is 5.23. The van der Waals surface area contributed by atoms with E-state index in [4.69, 9.17) is 4.74 Å². The van der Waals surface area contributed by atoms with Crippen LogP contribution in [0.3, 0.4) is 0 Å². The van der Waals surface area contributed by atoms with Gasteiger partial charge in [-0.1, -0.05) is 0 Å². The van der Waals surface area contributed by atoms with E-state index >= 15 is 0 Å². The van der Waals surface area contributed by atoms with Crippen molar-refractivity contribution in [1.82, 2.24) is 9.80 Å². The topological polar surface area (TPSA) is 35.9 Å². The van der Waals surface area contributed by atoms with E-state index in [0.717, 1.165) is 32.8 Å². The quantitative estimate of drug-likeness (QED) is 0.836. The summed E-state index contributed by atoms with van der Waals surface area (Å²) in [5.74, 6) is 0. The van der Waals surface area contributed by atoms with E-state index in [1.165, 1.54) is 25.7 Å². The van der Waals surface area contributed by atoms with Gasteiger partial charge in [-0.05, 0) is 46.6 Å². The van der Waals surface area contributed by atoms with Crippen LogP contribution in [0.15, 0.2) is 0 Å². The lowest BCUT2D eigenvalue weighted by molar-refractivity contribution is -0.0392. The summed E-state index contributed by atoms with van der Waals surface area (Å²) in [6.45, 7) is 9.04. The third-order valence-corrected chi connectivity index (χ3v) is 4.98. The molecule has 1 heterocycles. The molecule has 19 heavy (non-hydrogen) atoms. The Labute approximate surface area is 117 Å². The van der Waals surface area contributed by atoms with Crippen molar-refractivity contribution in [2.24, 2.45) is 0 Å². The molecule has 1 atom stereocenters. The van der Waals surface area contributed by atoms with Gasteiger partial charge >= 0.3 is 0 Å². The summed E-state index contributed by atoms with van der Waals surface area (Å²) in [5, 5.41) is 9.50. The lowest BCUT2D eigenvalue weighted by atomic mass is 9.79. The predicted octanol–water partition coefficient (Wildman–Crippen LogP) is 1.33. The van der Waals surface area contributed by atoms with Gasteiger partial charge in [0.25, 0.3) is 0 Å². The first kappa shape index (κ1) is 15.2. The van der Waals surface area contributed by atoms with E-state index in [-0.39, 0.29) is 6.10 Å². The first-order valence-corrected chi connectivity index (χ1v) is 7.72. The van der Waals surface area contributed by atoms with Gasteiger partial charge in [-0.25, -0.2) is 0 Å². The number of aliphatic hydroxyl groups is 1. The van der Waals surface area contributed by atoms with Crippen LogP contribution in [0.2, 0.25) is 0 Å². The van der Waals surface area contributed by atoms with Gasteiger partial charge in [-0.15, -0.1) is 0 Å². The molecular formula is C15H30N2O2. The van der Waals surface area contributed by atoms with Gasteiger partial charge in [0.15, 0.2) is 0 Å². The van der Waals surface area contributed by atoms with E-state index in [1.54, 1.807) is 0 Å². The highest BCUT2D eigenvalue weighted by atomic mass is 16.5. The van der Waals surface area contributed by atoms with Crippen molar-refractivity contribution < 1.29 is 9.84 Å². The van der Waals surface area contributed by atoms with Gasteiger partial charge in [-0.2, -0.15) is 0 Å². The monoisotopic (exact) mass is 270 g/mol. The molecule has 0 spiro atoms. The molecule has 1 N–H and O–H groups in total. The molecule has 4 nitrogen and oxygen atoms in total. The maximum Gasteiger partial charge on any atom is 0.0639 e. The standard InChI is InChI=1S/C15H30N2O2/c1-13(18)12-16(3)14-4-6-15(2,7-5-14)17-8-10-19-11-9-17/h13-14,18H,4-12H2,1-3H3. The highest BCUT2D eigenvalue weighted by Crippen LogP contribution is 2.35. The van der Waals surface area contributed by atoms with Crippen molar-refractivity contribution in [3.63, 3.8) is 0 Å². The fourth-order valence-electron chi connectivity index (χ4n) is 3.65. The molecule has 4 heteroatoms. The fraction of sp³-hybridized carbons (Fsp3) is 1.00. The Morgan fingerprint density at radius 3 is 2.42 bits per heavy atom. The SMILES string of the molecule is CC(O)CN(C)C1CCC(C)(N2CCOCC2)CC1. The molecule has 2 aliphatic rings. The number of ether oxygens (including phenoxy) is 1. The second kappa shape index (κ2) is 6.53. The number of likely N-dealkylation sites (N-methyl/N-ethyl adjacent to an activating group) is 1. The molecule has 0 aromatic heterocycles. The Bertz CT molecular complexity index is 269. The molecule has 1 aliphatic heterocycles. The van der Waals surface area contributed by atoms with Crippen LogP contribution in [0.1, 0.15) is 39.5 Å². The summed E-state index contributed by atoms with van der Waals surface area (Å²) < 4.78 is 5.46. The molecule has 1 aliphatic carbocycles. The molecule has 112 valence electrons. The van der Waals surface area contributed by atoms with Crippen LogP contribution in [0.25, 0.3) is 0 Å². The van der Waals surface area contributed by atoms with Crippen molar-refractivity contribution in [3.05, 3.63) is 0 Å². The highest BCUT2D eigenvalue weighted by Gasteiger charge is 2.37. The fourth-order valence-corrected chi connectivity index (χ4v) is 3.65. The zero-order valence-corrected chi connectivity index (χ0v) is 12.8. The lowest BCUT2D eigenvalue weighted by Crippen LogP contribution is -2.55. The van der Waals surface area contributed by atoms with Crippen LogP contribution in [0.5, 0.6) is 0 Å². The number of hydrogen-bond donors (Lipinski definition) is 1. The summed E-state index contributed by atoms with van der Waals surface area (Å²) in [6.07, 6.45) is 4.80.